The van der Waals surface area contributed by atoms with Gasteiger partial charge < -0.3 is 15.0 Å². The predicted octanol–water partition coefficient (Wildman–Crippen LogP) is 1.02. The molecule has 22 heavy (non-hydrogen) atoms. The van der Waals surface area contributed by atoms with E-state index in [1.807, 2.05) is 18.2 Å². The summed E-state index contributed by atoms with van der Waals surface area (Å²) in [5.74, 6) is 0.265. The number of piperidine rings is 1. The highest BCUT2D eigenvalue weighted by molar-refractivity contribution is 5.08. The van der Waals surface area contributed by atoms with Crippen molar-refractivity contribution in [1.29, 1.82) is 0 Å². The summed E-state index contributed by atoms with van der Waals surface area (Å²) in [6.45, 7) is 3.47. The molecule has 6 nitrogen and oxygen atoms in total. The van der Waals surface area contributed by atoms with Gasteiger partial charge in [-0.3, -0.25) is 9.55 Å². The zero-order valence-electron chi connectivity index (χ0n) is 12.6. The summed E-state index contributed by atoms with van der Waals surface area (Å²) in [5, 5.41) is 10.4. The molecule has 2 N–H and O–H groups in total. The number of aromatic amines is 1. The quantitative estimate of drug-likeness (QED) is 0.865. The maximum absolute atomic E-state index is 11.4. The minimum Gasteiger partial charge on any atom is -0.387 e. The topological polar surface area (TPSA) is 74.2 Å². The van der Waals surface area contributed by atoms with Crippen LogP contribution < -0.4 is 5.69 Å². The lowest BCUT2D eigenvalue weighted by Crippen LogP contribution is -2.38. The fraction of sp³-hybridized carbons (Fsp3) is 0.500. The zero-order valence-corrected chi connectivity index (χ0v) is 12.6. The largest absolute Gasteiger partial charge is 0.387 e. The van der Waals surface area contributed by atoms with Crippen LogP contribution in [0.4, 0.5) is 0 Å². The minimum atomic E-state index is -0.476. The van der Waals surface area contributed by atoms with Crippen molar-refractivity contribution in [2.24, 2.45) is 5.92 Å². The van der Waals surface area contributed by atoms with Crippen LogP contribution in [0.2, 0.25) is 0 Å². The molecule has 0 amide bonds. The first kappa shape index (κ1) is 15.0. The van der Waals surface area contributed by atoms with Crippen LogP contribution in [0, 0.1) is 5.92 Å². The zero-order chi connectivity index (χ0) is 15.4. The second kappa shape index (κ2) is 6.89. The highest BCUT2D eigenvalue weighted by Gasteiger charge is 2.26. The molecule has 6 heteroatoms. The van der Waals surface area contributed by atoms with Gasteiger partial charge in [0.25, 0.3) is 0 Å². The summed E-state index contributed by atoms with van der Waals surface area (Å²) < 4.78 is 1.69. The Morgan fingerprint density at radius 3 is 2.77 bits per heavy atom. The molecule has 0 radical (unpaired) electrons. The summed E-state index contributed by atoms with van der Waals surface area (Å²) in [7, 11) is 0. The van der Waals surface area contributed by atoms with E-state index in [1.54, 1.807) is 23.2 Å². The first-order chi connectivity index (χ1) is 10.7. The molecule has 0 bridgehead atoms. The van der Waals surface area contributed by atoms with E-state index in [0.29, 0.717) is 6.54 Å². The molecule has 3 rings (SSSR count). The Bertz CT molecular complexity index is 629. The maximum Gasteiger partial charge on any atom is 0.325 e. The van der Waals surface area contributed by atoms with Crippen LogP contribution in [0.1, 0.15) is 24.6 Å². The molecule has 1 saturated heterocycles. The molecule has 1 aliphatic heterocycles. The Kier molecular flexibility index (Phi) is 4.70. The maximum atomic E-state index is 11.4. The molecule has 3 heterocycles. The van der Waals surface area contributed by atoms with Gasteiger partial charge in [-0.15, -0.1) is 0 Å². The average molecular weight is 302 g/mol. The number of hydrogen-bond acceptors (Lipinski definition) is 4. The van der Waals surface area contributed by atoms with Gasteiger partial charge in [-0.05, 0) is 44.0 Å². The van der Waals surface area contributed by atoms with Crippen LogP contribution in [-0.2, 0) is 6.54 Å². The highest BCUT2D eigenvalue weighted by atomic mass is 16.3. The van der Waals surface area contributed by atoms with E-state index in [-0.39, 0.29) is 11.6 Å². The third kappa shape index (κ3) is 3.45. The molecule has 2 aromatic rings. The molecule has 0 spiro atoms. The first-order valence-electron chi connectivity index (χ1n) is 7.79. The van der Waals surface area contributed by atoms with Crippen LogP contribution in [-0.4, -0.2) is 44.2 Å². The lowest BCUT2D eigenvalue weighted by molar-refractivity contribution is 0.0551. The fourth-order valence-electron chi connectivity index (χ4n) is 3.06. The Morgan fingerprint density at radius 1 is 1.32 bits per heavy atom. The SMILES string of the molecule is O=c1[nH]ccn1CCN1CCC([C@@H](O)c2ccccn2)CC1. The van der Waals surface area contributed by atoms with Gasteiger partial charge in [0.05, 0.1) is 11.8 Å². The molecular formula is C16H22N4O2. The van der Waals surface area contributed by atoms with Gasteiger partial charge in [0, 0.05) is 31.7 Å². The first-order valence-corrected chi connectivity index (χ1v) is 7.79. The number of likely N-dealkylation sites (tertiary alicyclic amines) is 1. The van der Waals surface area contributed by atoms with Gasteiger partial charge in [0.15, 0.2) is 0 Å². The van der Waals surface area contributed by atoms with Crippen molar-refractivity contribution in [2.45, 2.75) is 25.5 Å². The van der Waals surface area contributed by atoms with Gasteiger partial charge in [-0.2, -0.15) is 0 Å². The molecule has 0 aliphatic carbocycles. The smallest absolute Gasteiger partial charge is 0.325 e. The van der Waals surface area contributed by atoms with Gasteiger partial charge in [0.1, 0.15) is 0 Å². The monoisotopic (exact) mass is 302 g/mol. The van der Waals surface area contributed by atoms with Gasteiger partial charge >= 0.3 is 5.69 Å². The van der Waals surface area contributed by atoms with Crippen molar-refractivity contribution in [3.8, 4) is 0 Å². The fourth-order valence-corrected chi connectivity index (χ4v) is 3.06. The molecule has 0 aromatic carbocycles. The van der Waals surface area contributed by atoms with Gasteiger partial charge in [0.2, 0.25) is 0 Å². The Balaban J connectivity index is 1.48. The normalized spacial score (nSPS) is 18.4. The molecule has 2 aromatic heterocycles. The number of hydrogen-bond donors (Lipinski definition) is 2. The van der Waals surface area contributed by atoms with Crippen LogP contribution in [0.15, 0.2) is 41.6 Å². The second-order valence-electron chi connectivity index (χ2n) is 5.84. The second-order valence-corrected chi connectivity index (χ2v) is 5.84. The molecule has 1 aliphatic rings. The summed E-state index contributed by atoms with van der Waals surface area (Å²) in [5.41, 5.74) is 0.709. The Morgan fingerprint density at radius 2 is 2.14 bits per heavy atom. The highest BCUT2D eigenvalue weighted by Crippen LogP contribution is 2.29. The van der Waals surface area contributed by atoms with Crippen LogP contribution in [0.25, 0.3) is 0 Å². The number of rotatable bonds is 5. The van der Waals surface area contributed by atoms with Crippen LogP contribution in [0.5, 0.6) is 0 Å². The van der Waals surface area contributed by atoms with Crippen molar-refractivity contribution in [3.63, 3.8) is 0 Å². The standard InChI is InChI=1S/C16H22N4O2/c21-15(14-3-1-2-6-17-14)13-4-8-19(9-5-13)11-12-20-10-7-18-16(20)22/h1-3,6-7,10,13,15,21H,4-5,8-9,11-12H2,(H,18,22)/t15-/m1/s1. The van der Waals surface area contributed by atoms with E-state index < -0.39 is 6.10 Å². The van der Waals surface area contributed by atoms with Crippen LogP contribution >= 0.6 is 0 Å². The molecule has 1 atom stereocenters. The van der Waals surface area contributed by atoms with Crippen molar-refractivity contribution in [2.75, 3.05) is 19.6 Å². The number of aliphatic hydroxyl groups is 1. The van der Waals surface area contributed by atoms with E-state index in [4.69, 9.17) is 0 Å². The van der Waals surface area contributed by atoms with E-state index >= 15 is 0 Å². The molecule has 1 fully saturated rings. The van der Waals surface area contributed by atoms with Crippen molar-refractivity contribution < 1.29 is 5.11 Å². The minimum absolute atomic E-state index is 0.0551. The molecule has 0 saturated carbocycles. The van der Waals surface area contributed by atoms with Crippen molar-refractivity contribution in [1.82, 2.24) is 19.4 Å². The molecule has 0 unspecified atom stereocenters. The third-order valence-electron chi connectivity index (χ3n) is 4.45. The number of imidazole rings is 1. The number of nitrogens with zero attached hydrogens (tertiary/aromatic N) is 3. The number of pyridine rings is 1. The Labute approximate surface area is 129 Å². The average Bonchev–Trinajstić information content (AvgIpc) is 2.99. The van der Waals surface area contributed by atoms with E-state index in [2.05, 4.69) is 14.9 Å². The molecule has 118 valence electrons. The summed E-state index contributed by atoms with van der Waals surface area (Å²) in [4.78, 5) is 20.7. The number of nitrogens with one attached hydrogen (secondary N) is 1. The Hall–Kier alpha value is -1.92. The summed E-state index contributed by atoms with van der Waals surface area (Å²) in [6.07, 6.45) is 6.61. The number of aliphatic hydroxyl groups excluding tert-OH is 1. The van der Waals surface area contributed by atoms with E-state index in [1.165, 1.54) is 0 Å². The van der Waals surface area contributed by atoms with E-state index in [0.717, 1.165) is 38.2 Å². The molecular weight excluding hydrogens is 280 g/mol. The van der Waals surface area contributed by atoms with Crippen LogP contribution in [0.3, 0.4) is 0 Å². The third-order valence-corrected chi connectivity index (χ3v) is 4.45. The van der Waals surface area contributed by atoms with E-state index in [9.17, 15) is 9.90 Å². The number of aromatic nitrogens is 3. The van der Waals surface area contributed by atoms with Gasteiger partial charge in [-0.25, -0.2) is 4.79 Å². The number of H-pyrrole nitrogens is 1. The summed E-state index contributed by atoms with van der Waals surface area (Å²) in [6, 6.07) is 5.66. The lowest BCUT2D eigenvalue weighted by Gasteiger charge is -2.34. The van der Waals surface area contributed by atoms with Crippen molar-refractivity contribution in [3.05, 3.63) is 53.0 Å². The lowest BCUT2D eigenvalue weighted by atomic mass is 9.89. The van der Waals surface area contributed by atoms with Crippen molar-refractivity contribution >= 4 is 0 Å². The van der Waals surface area contributed by atoms with Gasteiger partial charge in [-0.1, -0.05) is 6.07 Å². The predicted molar refractivity (Wildman–Crippen MR) is 83.4 cm³/mol. The summed E-state index contributed by atoms with van der Waals surface area (Å²) >= 11 is 0.